The smallest absolute Gasteiger partial charge is 0.258 e. The van der Waals surface area contributed by atoms with E-state index in [0.29, 0.717) is 34.6 Å². The SMILES string of the molecule is CN(C(=O)c1ccc(COc2ccc(Cl)cc2)cc1)c1ccc(N2CCC(N(C)C)C2)c(F)c1.[HH]. The fourth-order valence-corrected chi connectivity index (χ4v) is 4.22. The number of carbonyl (C=O) groups excluding carboxylic acids is 1. The molecule has 0 spiro atoms. The maximum Gasteiger partial charge on any atom is 0.258 e. The minimum atomic E-state index is -0.314. The first-order valence-corrected chi connectivity index (χ1v) is 11.7. The Balaban J connectivity index is 0.00000342. The summed E-state index contributed by atoms with van der Waals surface area (Å²) in [7, 11) is 5.76. The number of ether oxygens (including phenoxy) is 1. The summed E-state index contributed by atoms with van der Waals surface area (Å²) in [6.45, 7) is 2.00. The van der Waals surface area contributed by atoms with Gasteiger partial charge in [0.05, 0.1) is 5.69 Å². The Morgan fingerprint density at radius 1 is 1.09 bits per heavy atom. The third-order valence-electron chi connectivity index (χ3n) is 6.28. The van der Waals surface area contributed by atoms with E-state index in [1.54, 1.807) is 43.4 Å². The van der Waals surface area contributed by atoms with Crippen molar-refractivity contribution in [2.24, 2.45) is 0 Å². The number of nitrogens with zero attached hydrogens (tertiary/aromatic N) is 3. The molecule has 1 saturated heterocycles. The predicted molar refractivity (Wildman–Crippen MR) is 138 cm³/mol. The Labute approximate surface area is 206 Å². The minimum absolute atomic E-state index is 0. The molecule has 1 aliphatic heterocycles. The highest BCUT2D eigenvalue weighted by atomic mass is 35.5. The van der Waals surface area contributed by atoms with E-state index in [2.05, 4.69) is 9.80 Å². The van der Waals surface area contributed by atoms with Gasteiger partial charge in [0, 0.05) is 43.9 Å². The first-order chi connectivity index (χ1) is 16.3. The molecule has 1 amide bonds. The van der Waals surface area contributed by atoms with Crippen molar-refractivity contribution in [1.82, 2.24) is 4.90 Å². The second-order valence-corrected chi connectivity index (χ2v) is 9.23. The molecule has 4 rings (SSSR count). The Hall–Kier alpha value is -3.09. The second-order valence-electron chi connectivity index (χ2n) is 8.79. The Kier molecular flexibility index (Phi) is 7.39. The molecule has 0 saturated carbocycles. The molecule has 0 aliphatic carbocycles. The maximum absolute atomic E-state index is 14.9. The van der Waals surface area contributed by atoms with Crippen molar-refractivity contribution >= 4 is 28.9 Å². The highest BCUT2D eigenvalue weighted by Crippen LogP contribution is 2.29. The van der Waals surface area contributed by atoms with E-state index in [0.717, 1.165) is 30.8 Å². The zero-order valence-corrected chi connectivity index (χ0v) is 20.4. The summed E-state index contributed by atoms with van der Waals surface area (Å²) in [6, 6.07) is 19.8. The number of carbonyl (C=O) groups is 1. The molecule has 0 N–H and O–H groups in total. The summed E-state index contributed by atoms with van der Waals surface area (Å²) >= 11 is 5.89. The molecule has 1 atom stereocenters. The summed E-state index contributed by atoms with van der Waals surface area (Å²) in [5.74, 6) is 0.207. The van der Waals surface area contributed by atoms with Gasteiger partial charge >= 0.3 is 0 Å². The Bertz CT molecular complexity index is 1140. The Morgan fingerprint density at radius 2 is 1.79 bits per heavy atom. The summed E-state index contributed by atoms with van der Waals surface area (Å²) in [5, 5.41) is 0.655. The van der Waals surface area contributed by atoms with Crippen LogP contribution in [0.3, 0.4) is 0 Å². The van der Waals surface area contributed by atoms with Crippen LogP contribution in [0.25, 0.3) is 0 Å². The number of anilines is 2. The van der Waals surface area contributed by atoms with E-state index in [-0.39, 0.29) is 13.2 Å². The van der Waals surface area contributed by atoms with E-state index >= 15 is 0 Å². The van der Waals surface area contributed by atoms with E-state index < -0.39 is 0 Å². The van der Waals surface area contributed by atoms with Crippen molar-refractivity contribution in [3.05, 3.63) is 88.7 Å². The Morgan fingerprint density at radius 3 is 2.41 bits per heavy atom. The number of hydrogen-bond acceptors (Lipinski definition) is 4. The van der Waals surface area contributed by atoms with Gasteiger partial charge in [0.2, 0.25) is 0 Å². The van der Waals surface area contributed by atoms with Gasteiger partial charge in [0.1, 0.15) is 18.2 Å². The molecule has 7 heteroatoms. The van der Waals surface area contributed by atoms with Crippen LogP contribution < -0.4 is 14.5 Å². The molecule has 180 valence electrons. The van der Waals surface area contributed by atoms with Crippen molar-refractivity contribution in [3.8, 4) is 5.75 Å². The highest BCUT2D eigenvalue weighted by molar-refractivity contribution is 6.30. The largest absolute Gasteiger partial charge is 0.489 e. The lowest BCUT2D eigenvalue weighted by molar-refractivity contribution is 0.0993. The van der Waals surface area contributed by atoms with E-state index in [1.165, 1.54) is 11.0 Å². The molecule has 1 heterocycles. The highest BCUT2D eigenvalue weighted by Gasteiger charge is 2.26. The van der Waals surface area contributed by atoms with Gasteiger partial charge in [0.25, 0.3) is 5.91 Å². The van der Waals surface area contributed by atoms with Crippen molar-refractivity contribution in [2.45, 2.75) is 19.1 Å². The summed E-state index contributed by atoms with van der Waals surface area (Å²) < 4.78 is 20.7. The quantitative estimate of drug-likeness (QED) is 0.430. The van der Waals surface area contributed by atoms with Crippen molar-refractivity contribution in [3.63, 3.8) is 0 Å². The first kappa shape index (κ1) is 24.0. The fraction of sp³-hybridized carbons (Fsp3) is 0.296. The molecule has 3 aromatic carbocycles. The van der Waals surface area contributed by atoms with E-state index in [4.69, 9.17) is 16.3 Å². The number of halogens is 2. The van der Waals surface area contributed by atoms with E-state index in [9.17, 15) is 9.18 Å². The third kappa shape index (κ3) is 5.51. The number of rotatable bonds is 7. The maximum atomic E-state index is 14.9. The minimum Gasteiger partial charge on any atom is -0.489 e. The van der Waals surface area contributed by atoms with Crippen LogP contribution in [0.4, 0.5) is 15.8 Å². The molecule has 34 heavy (non-hydrogen) atoms. The zero-order chi connectivity index (χ0) is 24.2. The molecule has 1 aliphatic rings. The average molecular weight is 484 g/mol. The molecular weight excluding hydrogens is 453 g/mol. The van der Waals surface area contributed by atoms with Gasteiger partial charge in [-0.25, -0.2) is 4.39 Å². The van der Waals surface area contributed by atoms with Crippen LogP contribution in [0.1, 0.15) is 23.8 Å². The molecule has 1 fully saturated rings. The van der Waals surface area contributed by atoms with Crippen LogP contribution >= 0.6 is 11.6 Å². The van der Waals surface area contributed by atoms with Crippen LogP contribution in [0.5, 0.6) is 5.75 Å². The lowest BCUT2D eigenvalue weighted by atomic mass is 10.1. The van der Waals surface area contributed by atoms with Crippen molar-refractivity contribution < 1.29 is 15.3 Å². The van der Waals surface area contributed by atoms with Gasteiger partial charge in [-0.1, -0.05) is 23.7 Å². The monoisotopic (exact) mass is 483 g/mol. The molecule has 0 bridgehead atoms. The predicted octanol–water partition coefficient (Wildman–Crippen LogP) is 5.72. The lowest BCUT2D eigenvalue weighted by Crippen LogP contribution is -2.31. The number of hydrogen-bond donors (Lipinski definition) is 0. The fourth-order valence-electron chi connectivity index (χ4n) is 4.09. The second kappa shape index (κ2) is 10.5. The van der Waals surface area contributed by atoms with Crippen LogP contribution in [0.2, 0.25) is 5.02 Å². The summed E-state index contributed by atoms with van der Waals surface area (Å²) in [4.78, 5) is 18.7. The number of amides is 1. The van der Waals surface area contributed by atoms with Gasteiger partial charge in [0.15, 0.2) is 0 Å². The number of likely N-dealkylation sites (N-methyl/N-ethyl adjacent to an activating group) is 1. The topological polar surface area (TPSA) is 36.0 Å². The van der Waals surface area contributed by atoms with Gasteiger partial charge in [-0.05, 0) is 80.7 Å². The molecule has 0 aromatic heterocycles. The van der Waals surface area contributed by atoms with Crippen LogP contribution in [-0.2, 0) is 6.61 Å². The van der Waals surface area contributed by atoms with Crippen LogP contribution in [0.15, 0.2) is 66.7 Å². The van der Waals surface area contributed by atoms with Crippen molar-refractivity contribution in [2.75, 3.05) is 44.0 Å². The van der Waals surface area contributed by atoms with Gasteiger partial charge < -0.3 is 19.4 Å². The van der Waals surface area contributed by atoms with Gasteiger partial charge in [-0.15, -0.1) is 0 Å². The first-order valence-electron chi connectivity index (χ1n) is 11.3. The van der Waals surface area contributed by atoms with E-state index in [1.807, 2.05) is 38.4 Å². The zero-order valence-electron chi connectivity index (χ0n) is 19.7. The molecule has 5 nitrogen and oxygen atoms in total. The molecule has 1 unspecified atom stereocenters. The average Bonchev–Trinajstić information content (AvgIpc) is 3.33. The van der Waals surface area contributed by atoms with Crippen LogP contribution in [-0.4, -0.2) is 51.1 Å². The summed E-state index contributed by atoms with van der Waals surface area (Å²) in [5.41, 5.74) is 2.56. The van der Waals surface area contributed by atoms with Gasteiger partial charge in [-0.3, -0.25) is 4.79 Å². The molecule has 3 aromatic rings. The van der Waals surface area contributed by atoms with Crippen LogP contribution in [0, 0.1) is 5.82 Å². The molecular formula is C27H31ClFN3O2. The standard InChI is InChI=1S/C27H29ClFN3O2.H2/c1-30(2)23-14-15-32(17-23)26-13-10-22(16-25(26)29)31(3)27(33)20-6-4-19(5-7-20)18-34-24-11-8-21(28)9-12-24;/h4-13,16,23H,14-15,17-18H2,1-3H3;1H. The summed E-state index contributed by atoms with van der Waals surface area (Å²) in [6.07, 6.45) is 1.01. The lowest BCUT2D eigenvalue weighted by Gasteiger charge is -2.24. The number of benzene rings is 3. The van der Waals surface area contributed by atoms with Gasteiger partial charge in [-0.2, -0.15) is 0 Å². The normalized spacial score (nSPS) is 15.6. The molecule has 0 radical (unpaired) electrons. The van der Waals surface area contributed by atoms with Crippen molar-refractivity contribution in [1.29, 1.82) is 0 Å². The third-order valence-corrected chi connectivity index (χ3v) is 6.53.